The lowest BCUT2D eigenvalue weighted by molar-refractivity contribution is 0.188. The number of hydrogen-bond donors (Lipinski definition) is 0. The fraction of sp³-hybridized carbons (Fsp3) is 0.381. The molecule has 2 aromatic rings. The van der Waals surface area contributed by atoms with Crippen LogP contribution in [0.5, 0.6) is 0 Å². The Balaban J connectivity index is 0.00000300. The summed E-state index contributed by atoms with van der Waals surface area (Å²) < 4.78 is 39.0. The van der Waals surface area contributed by atoms with Crippen molar-refractivity contribution in [3.8, 4) is 0 Å². The van der Waals surface area contributed by atoms with E-state index in [1.54, 1.807) is 24.3 Å². The predicted octanol–water partition coefficient (Wildman–Crippen LogP) is 4.58. The highest BCUT2D eigenvalue weighted by molar-refractivity contribution is 7.92. The average Bonchev–Trinajstić information content (AvgIpc) is 2.69. The SMILES string of the molecule is C=CC(C1CCN(CCc2ccc(F)cc2)CC1)S(=O)(=O)c1cccc(Cl)n1.Cl. The zero-order valence-electron chi connectivity index (χ0n) is 16.0. The Morgan fingerprint density at radius 1 is 1.21 bits per heavy atom. The molecule has 1 unspecified atom stereocenters. The number of halogens is 3. The summed E-state index contributed by atoms with van der Waals surface area (Å²) in [5.74, 6) is -0.221. The highest BCUT2D eigenvalue weighted by Gasteiger charge is 2.35. The first-order valence-corrected chi connectivity index (χ1v) is 11.3. The molecule has 8 heteroatoms. The highest BCUT2D eigenvalue weighted by atomic mass is 35.5. The molecule has 1 aliphatic rings. The van der Waals surface area contributed by atoms with E-state index in [1.165, 1.54) is 24.3 Å². The van der Waals surface area contributed by atoms with Gasteiger partial charge in [0.15, 0.2) is 5.03 Å². The maximum Gasteiger partial charge on any atom is 0.202 e. The normalized spacial score (nSPS) is 16.8. The number of pyridine rings is 1. The molecular formula is C21H25Cl2FN2O2S. The van der Waals surface area contributed by atoms with Crippen LogP contribution in [-0.4, -0.2) is 43.2 Å². The van der Waals surface area contributed by atoms with E-state index in [0.717, 1.165) is 44.5 Å². The van der Waals surface area contributed by atoms with Gasteiger partial charge < -0.3 is 4.90 Å². The summed E-state index contributed by atoms with van der Waals surface area (Å²) in [6, 6.07) is 11.2. The fourth-order valence-electron chi connectivity index (χ4n) is 3.70. The van der Waals surface area contributed by atoms with Crippen LogP contribution in [-0.2, 0) is 16.3 Å². The summed E-state index contributed by atoms with van der Waals surface area (Å²) in [7, 11) is -3.62. The van der Waals surface area contributed by atoms with E-state index in [1.807, 2.05) is 0 Å². The van der Waals surface area contributed by atoms with Crippen LogP contribution in [0.1, 0.15) is 18.4 Å². The van der Waals surface area contributed by atoms with Crippen molar-refractivity contribution >= 4 is 33.8 Å². The number of aromatic nitrogens is 1. The molecule has 0 bridgehead atoms. The average molecular weight is 459 g/mol. The number of sulfone groups is 1. The van der Waals surface area contributed by atoms with E-state index in [4.69, 9.17) is 11.6 Å². The number of rotatable bonds is 7. The largest absolute Gasteiger partial charge is 0.303 e. The van der Waals surface area contributed by atoms with E-state index in [-0.39, 0.29) is 34.3 Å². The molecule has 1 aliphatic heterocycles. The molecule has 0 saturated carbocycles. The molecule has 29 heavy (non-hydrogen) atoms. The Bertz CT molecular complexity index is 915. The topological polar surface area (TPSA) is 50.3 Å². The third kappa shape index (κ3) is 6.01. The zero-order chi connectivity index (χ0) is 20.1. The molecule has 0 N–H and O–H groups in total. The van der Waals surface area contributed by atoms with Crippen LogP contribution < -0.4 is 0 Å². The molecule has 0 radical (unpaired) electrons. The van der Waals surface area contributed by atoms with Crippen LogP contribution in [0.2, 0.25) is 5.15 Å². The van der Waals surface area contributed by atoms with Gasteiger partial charge in [-0.25, -0.2) is 17.8 Å². The van der Waals surface area contributed by atoms with E-state index in [2.05, 4.69) is 16.5 Å². The Kier molecular flexibility index (Phi) is 8.64. The van der Waals surface area contributed by atoms with Gasteiger partial charge in [-0.3, -0.25) is 0 Å². The Labute approximate surface area is 183 Å². The van der Waals surface area contributed by atoms with Crippen molar-refractivity contribution in [3.63, 3.8) is 0 Å². The first kappa shape index (κ1) is 23.8. The maximum atomic E-state index is 13.0. The summed E-state index contributed by atoms with van der Waals surface area (Å²) >= 11 is 5.87. The van der Waals surface area contributed by atoms with Gasteiger partial charge in [0, 0.05) is 6.54 Å². The Morgan fingerprint density at radius 2 is 1.86 bits per heavy atom. The zero-order valence-corrected chi connectivity index (χ0v) is 18.4. The summed E-state index contributed by atoms with van der Waals surface area (Å²) in [6.07, 6.45) is 3.93. The molecule has 3 rings (SSSR count). The van der Waals surface area contributed by atoms with Crippen molar-refractivity contribution in [1.29, 1.82) is 0 Å². The minimum absolute atomic E-state index is 0. The van der Waals surface area contributed by atoms with Crippen LogP contribution in [0.3, 0.4) is 0 Å². The van der Waals surface area contributed by atoms with Crippen molar-refractivity contribution < 1.29 is 12.8 Å². The molecule has 2 heterocycles. The monoisotopic (exact) mass is 458 g/mol. The lowest BCUT2D eigenvalue weighted by Crippen LogP contribution is -2.40. The highest BCUT2D eigenvalue weighted by Crippen LogP contribution is 2.29. The summed E-state index contributed by atoms with van der Waals surface area (Å²) in [6.45, 7) is 6.30. The van der Waals surface area contributed by atoms with E-state index < -0.39 is 15.1 Å². The number of piperidine rings is 1. The van der Waals surface area contributed by atoms with Crippen molar-refractivity contribution in [2.24, 2.45) is 5.92 Å². The van der Waals surface area contributed by atoms with Gasteiger partial charge in [0.05, 0.1) is 5.25 Å². The van der Waals surface area contributed by atoms with Crippen molar-refractivity contribution in [3.05, 3.63) is 71.7 Å². The molecular weight excluding hydrogens is 434 g/mol. The lowest BCUT2D eigenvalue weighted by Gasteiger charge is -2.34. The van der Waals surface area contributed by atoms with Gasteiger partial charge in [0.25, 0.3) is 0 Å². The molecule has 1 aromatic heterocycles. The van der Waals surface area contributed by atoms with E-state index in [0.29, 0.717) is 0 Å². The van der Waals surface area contributed by atoms with Gasteiger partial charge >= 0.3 is 0 Å². The molecule has 1 aromatic carbocycles. The van der Waals surface area contributed by atoms with Crippen LogP contribution in [0, 0.1) is 11.7 Å². The quantitative estimate of drug-likeness (QED) is 0.449. The van der Waals surface area contributed by atoms with Crippen molar-refractivity contribution in [2.45, 2.75) is 29.5 Å². The smallest absolute Gasteiger partial charge is 0.202 e. The maximum absolute atomic E-state index is 13.0. The second-order valence-electron chi connectivity index (χ2n) is 7.10. The van der Waals surface area contributed by atoms with Gasteiger partial charge in [-0.1, -0.05) is 35.9 Å². The van der Waals surface area contributed by atoms with Gasteiger partial charge in [0.2, 0.25) is 9.84 Å². The standard InChI is InChI=1S/C21H24ClFN2O2S.ClH/c1-2-19(28(26,27)21-5-3-4-20(22)24-21)17-11-14-25(15-12-17)13-10-16-6-8-18(23)9-7-16;/h2-9,17,19H,1,10-15H2;1H. The predicted molar refractivity (Wildman–Crippen MR) is 117 cm³/mol. The molecule has 0 spiro atoms. The molecule has 1 atom stereocenters. The van der Waals surface area contributed by atoms with Gasteiger partial charge in [-0.05, 0) is 68.1 Å². The molecule has 0 aliphatic carbocycles. The summed E-state index contributed by atoms with van der Waals surface area (Å²) in [5.41, 5.74) is 1.10. The molecule has 1 saturated heterocycles. The minimum atomic E-state index is -3.62. The van der Waals surface area contributed by atoms with Gasteiger partial charge in [0.1, 0.15) is 11.0 Å². The van der Waals surface area contributed by atoms with Crippen LogP contribution >= 0.6 is 24.0 Å². The minimum Gasteiger partial charge on any atom is -0.303 e. The fourth-order valence-corrected chi connectivity index (χ4v) is 5.72. The Morgan fingerprint density at radius 3 is 2.45 bits per heavy atom. The number of hydrogen-bond acceptors (Lipinski definition) is 4. The molecule has 1 fully saturated rings. The summed E-state index contributed by atoms with van der Waals surface area (Å²) in [5, 5.41) is -0.499. The number of nitrogens with zero attached hydrogens (tertiary/aromatic N) is 2. The molecule has 158 valence electrons. The van der Waals surface area contributed by atoms with Crippen LogP contribution in [0.15, 0.2) is 60.1 Å². The van der Waals surface area contributed by atoms with Gasteiger partial charge in [-0.15, -0.1) is 19.0 Å². The lowest BCUT2D eigenvalue weighted by atomic mass is 9.93. The first-order valence-electron chi connectivity index (χ1n) is 9.36. The second-order valence-corrected chi connectivity index (χ2v) is 9.54. The van der Waals surface area contributed by atoms with Crippen molar-refractivity contribution in [2.75, 3.05) is 19.6 Å². The molecule has 4 nitrogen and oxygen atoms in total. The van der Waals surface area contributed by atoms with E-state index in [9.17, 15) is 12.8 Å². The van der Waals surface area contributed by atoms with Crippen molar-refractivity contribution in [1.82, 2.24) is 9.88 Å². The second kappa shape index (κ2) is 10.5. The van der Waals surface area contributed by atoms with Crippen LogP contribution in [0.25, 0.3) is 0 Å². The number of benzene rings is 1. The third-order valence-electron chi connectivity index (χ3n) is 5.30. The third-order valence-corrected chi connectivity index (χ3v) is 7.61. The van der Waals surface area contributed by atoms with E-state index >= 15 is 0 Å². The molecule has 0 amide bonds. The van der Waals surface area contributed by atoms with Crippen LogP contribution in [0.4, 0.5) is 4.39 Å². The summed E-state index contributed by atoms with van der Waals surface area (Å²) in [4.78, 5) is 6.31. The first-order chi connectivity index (χ1) is 13.4. The Hall–Kier alpha value is -1.47. The van der Waals surface area contributed by atoms with Gasteiger partial charge in [-0.2, -0.15) is 0 Å². The number of likely N-dealkylation sites (tertiary alicyclic amines) is 1.